The average Bonchev–Trinajstić information content (AvgIpc) is 3.26. The van der Waals surface area contributed by atoms with Gasteiger partial charge in [0.15, 0.2) is 11.5 Å². The normalized spacial score (nSPS) is 11.2. The van der Waals surface area contributed by atoms with Gasteiger partial charge in [-0.3, -0.25) is 4.99 Å². The number of ether oxygens (including phenoxy) is 2. The standard InChI is InChI=1S/C29H23FN2O2/c1-33-28-7-2-3-8-29(28)34-26-12-10-25(11-13-26)31-19-21-9-14-27-23(17-21)15-16-32(27)20-22-5-4-6-24(30)18-22/h2-19H,20H2,1H3. The average molecular weight is 451 g/mol. The second-order valence-electron chi connectivity index (χ2n) is 7.90. The molecule has 4 aromatic carbocycles. The summed E-state index contributed by atoms with van der Waals surface area (Å²) >= 11 is 0. The van der Waals surface area contributed by atoms with Crippen LogP contribution in [0.1, 0.15) is 11.1 Å². The lowest BCUT2D eigenvalue weighted by Crippen LogP contribution is -1.98. The van der Waals surface area contributed by atoms with Crippen LogP contribution in [0.2, 0.25) is 0 Å². The van der Waals surface area contributed by atoms with Gasteiger partial charge in [0.25, 0.3) is 0 Å². The predicted molar refractivity (Wildman–Crippen MR) is 134 cm³/mol. The van der Waals surface area contributed by atoms with Crippen LogP contribution in [-0.2, 0) is 6.54 Å². The van der Waals surface area contributed by atoms with Crippen molar-refractivity contribution in [1.29, 1.82) is 0 Å². The minimum atomic E-state index is -0.216. The Kier molecular flexibility index (Phi) is 6.08. The Morgan fingerprint density at radius 3 is 2.47 bits per heavy atom. The van der Waals surface area contributed by atoms with Crippen molar-refractivity contribution in [1.82, 2.24) is 4.57 Å². The molecule has 1 heterocycles. The van der Waals surface area contributed by atoms with E-state index in [0.29, 0.717) is 23.8 Å². The van der Waals surface area contributed by atoms with Gasteiger partial charge < -0.3 is 14.0 Å². The molecule has 5 heteroatoms. The van der Waals surface area contributed by atoms with Crippen molar-refractivity contribution in [3.63, 3.8) is 0 Å². The third-order valence-electron chi connectivity index (χ3n) is 5.53. The lowest BCUT2D eigenvalue weighted by molar-refractivity contribution is 0.379. The maximum absolute atomic E-state index is 13.5. The summed E-state index contributed by atoms with van der Waals surface area (Å²) in [4.78, 5) is 4.60. The van der Waals surface area contributed by atoms with Gasteiger partial charge in [0.2, 0.25) is 0 Å². The summed E-state index contributed by atoms with van der Waals surface area (Å²) in [6, 6.07) is 30.1. The molecule has 0 amide bonds. The van der Waals surface area contributed by atoms with E-state index in [0.717, 1.165) is 27.7 Å². The van der Waals surface area contributed by atoms with E-state index in [-0.39, 0.29) is 5.82 Å². The Morgan fingerprint density at radius 1 is 0.853 bits per heavy atom. The van der Waals surface area contributed by atoms with Crippen molar-refractivity contribution in [3.05, 3.63) is 120 Å². The Bertz CT molecular complexity index is 1460. The smallest absolute Gasteiger partial charge is 0.169 e. The quantitative estimate of drug-likeness (QED) is 0.243. The van der Waals surface area contributed by atoms with Gasteiger partial charge in [0.1, 0.15) is 11.6 Å². The van der Waals surface area contributed by atoms with E-state index in [4.69, 9.17) is 9.47 Å². The Balaban J connectivity index is 1.28. The van der Waals surface area contributed by atoms with Crippen LogP contribution in [0, 0.1) is 5.82 Å². The Hall–Kier alpha value is -4.38. The first-order valence-corrected chi connectivity index (χ1v) is 11.0. The number of halogens is 1. The monoisotopic (exact) mass is 450 g/mol. The molecule has 34 heavy (non-hydrogen) atoms. The lowest BCUT2D eigenvalue weighted by atomic mass is 10.1. The van der Waals surface area contributed by atoms with Crippen molar-refractivity contribution in [2.45, 2.75) is 6.54 Å². The van der Waals surface area contributed by atoms with E-state index >= 15 is 0 Å². The molecular weight excluding hydrogens is 427 g/mol. The molecule has 0 saturated carbocycles. The second kappa shape index (κ2) is 9.63. The van der Waals surface area contributed by atoms with Gasteiger partial charge in [-0.15, -0.1) is 0 Å². The minimum absolute atomic E-state index is 0.216. The summed E-state index contributed by atoms with van der Waals surface area (Å²) < 4.78 is 26.9. The van der Waals surface area contributed by atoms with Gasteiger partial charge in [-0.25, -0.2) is 4.39 Å². The van der Waals surface area contributed by atoms with Crippen LogP contribution in [-0.4, -0.2) is 17.9 Å². The van der Waals surface area contributed by atoms with E-state index < -0.39 is 0 Å². The summed E-state index contributed by atoms with van der Waals surface area (Å²) in [7, 11) is 1.62. The highest BCUT2D eigenvalue weighted by molar-refractivity contribution is 5.90. The molecule has 0 atom stereocenters. The molecule has 0 bridgehead atoms. The third kappa shape index (κ3) is 4.84. The van der Waals surface area contributed by atoms with E-state index in [1.54, 1.807) is 19.2 Å². The molecular formula is C29H23FN2O2. The maximum Gasteiger partial charge on any atom is 0.169 e. The first-order chi connectivity index (χ1) is 16.7. The van der Waals surface area contributed by atoms with Crippen LogP contribution in [0.5, 0.6) is 17.2 Å². The van der Waals surface area contributed by atoms with Crippen LogP contribution < -0.4 is 9.47 Å². The number of methoxy groups -OCH3 is 1. The van der Waals surface area contributed by atoms with Crippen LogP contribution in [0.4, 0.5) is 10.1 Å². The second-order valence-corrected chi connectivity index (χ2v) is 7.90. The molecule has 0 aliphatic heterocycles. The van der Waals surface area contributed by atoms with Gasteiger partial charge in [-0.1, -0.05) is 30.3 Å². The zero-order valence-electron chi connectivity index (χ0n) is 18.7. The van der Waals surface area contributed by atoms with Gasteiger partial charge >= 0.3 is 0 Å². The van der Waals surface area contributed by atoms with Crippen molar-refractivity contribution >= 4 is 22.8 Å². The Labute approximate surface area is 197 Å². The fourth-order valence-electron chi connectivity index (χ4n) is 3.85. The largest absolute Gasteiger partial charge is 0.493 e. The molecule has 168 valence electrons. The van der Waals surface area contributed by atoms with Gasteiger partial charge in [-0.05, 0) is 77.9 Å². The molecule has 0 unspecified atom stereocenters. The van der Waals surface area contributed by atoms with Gasteiger partial charge in [-0.2, -0.15) is 0 Å². The molecule has 5 aromatic rings. The maximum atomic E-state index is 13.5. The summed E-state index contributed by atoms with van der Waals surface area (Å²) in [6.45, 7) is 0.623. The highest BCUT2D eigenvalue weighted by atomic mass is 19.1. The van der Waals surface area contributed by atoms with Crippen molar-refractivity contribution in [2.24, 2.45) is 4.99 Å². The first kappa shape index (κ1) is 21.5. The van der Waals surface area contributed by atoms with Crippen LogP contribution >= 0.6 is 0 Å². The van der Waals surface area contributed by atoms with Crippen molar-refractivity contribution < 1.29 is 13.9 Å². The zero-order chi connectivity index (χ0) is 23.3. The molecule has 0 aliphatic rings. The highest BCUT2D eigenvalue weighted by Crippen LogP contribution is 2.31. The van der Waals surface area contributed by atoms with Crippen molar-refractivity contribution in [2.75, 3.05) is 7.11 Å². The summed E-state index contributed by atoms with van der Waals surface area (Å²) in [6.07, 6.45) is 3.87. The molecule has 5 rings (SSSR count). The summed E-state index contributed by atoms with van der Waals surface area (Å²) in [5.74, 6) is 1.85. The summed E-state index contributed by atoms with van der Waals surface area (Å²) in [5, 5.41) is 1.11. The van der Waals surface area contributed by atoms with Crippen molar-refractivity contribution in [3.8, 4) is 17.2 Å². The number of aliphatic imine (C=N–C) groups is 1. The molecule has 0 fully saturated rings. The molecule has 1 aromatic heterocycles. The third-order valence-corrected chi connectivity index (χ3v) is 5.53. The molecule has 0 radical (unpaired) electrons. The van der Waals surface area contributed by atoms with Gasteiger partial charge in [0.05, 0.1) is 12.8 Å². The number of hydrogen-bond acceptors (Lipinski definition) is 3. The zero-order valence-corrected chi connectivity index (χ0v) is 18.7. The van der Waals surface area contributed by atoms with E-state index in [1.807, 2.05) is 73.1 Å². The highest BCUT2D eigenvalue weighted by Gasteiger charge is 2.05. The number of rotatable bonds is 7. The van der Waals surface area contributed by atoms with Crippen LogP contribution in [0.25, 0.3) is 10.9 Å². The number of nitrogens with zero attached hydrogens (tertiary/aromatic N) is 2. The molecule has 0 N–H and O–H groups in total. The molecule has 0 saturated heterocycles. The molecule has 0 aliphatic carbocycles. The van der Waals surface area contributed by atoms with E-state index in [2.05, 4.69) is 27.8 Å². The molecule has 0 spiro atoms. The fraction of sp³-hybridized carbons (Fsp3) is 0.0690. The number of hydrogen-bond donors (Lipinski definition) is 0. The van der Waals surface area contributed by atoms with Crippen LogP contribution in [0.15, 0.2) is 108 Å². The predicted octanol–water partition coefficient (Wildman–Crippen LogP) is 7.38. The van der Waals surface area contributed by atoms with Gasteiger partial charge in [0, 0.05) is 29.9 Å². The topological polar surface area (TPSA) is 35.8 Å². The lowest BCUT2D eigenvalue weighted by Gasteiger charge is -2.09. The van der Waals surface area contributed by atoms with E-state index in [9.17, 15) is 4.39 Å². The number of benzene rings is 4. The fourth-order valence-corrected chi connectivity index (χ4v) is 3.85. The number of aromatic nitrogens is 1. The number of fused-ring (bicyclic) bond motifs is 1. The Morgan fingerprint density at radius 2 is 1.68 bits per heavy atom. The summed E-state index contributed by atoms with van der Waals surface area (Å²) in [5.41, 5.74) is 3.86. The molecule has 4 nitrogen and oxygen atoms in total. The first-order valence-electron chi connectivity index (χ1n) is 11.0. The van der Waals surface area contributed by atoms with E-state index in [1.165, 1.54) is 6.07 Å². The number of para-hydroxylation sites is 2. The SMILES string of the molecule is COc1ccccc1Oc1ccc(N=Cc2ccc3c(ccn3Cc3cccc(F)c3)c2)cc1. The minimum Gasteiger partial charge on any atom is -0.493 e. The van der Waals surface area contributed by atoms with Crippen LogP contribution in [0.3, 0.4) is 0 Å².